The second-order valence-corrected chi connectivity index (χ2v) is 15.3. The summed E-state index contributed by atoms with van der Waals surface area (Å²) in [5, 5.41) is 26.7. The van der Waals surface area contributed by atoms with Crippen LogP contribution < -0.4 is 14.9 Å². The Labute approximate surface area is 339 Å². The second-order valence-electron chi connectivity index (χ2n) is 13.4. The fraction of sp³-hybridized carbons (Fsp3) is 0.106. The van der Waals surface area contributed by atoms with Gasteiger partial charge in [0.15, 0.2) is 0 Å². The van der Waals surface area contributed by atoms with Crippen molar-refractivity contribution < 1.29 is 24.6 Å². The van der Waals surface area contributed by atoms with Gasteiger partial charge in [-0.2, -0.15) is 0 Å². The number of benzene rings is 7. The molecule has 2 aliphatic carbocycles. The summed E-state index contributed by atoms with van der Waals surface area (Å²) in [6.45, 7) is 0.0754. The lowest BCUT2D eigenvalue weighted by Gasteiger charge is -2.09. The van der Waals surface area contributed by atoms with Gasteiger partial charge in [0.1, 0.15) is 11.5 Å². The average molecular weight is 854 g/mol. The summed E-state index contributed by atoms with van der Waals surface area (Å²) >= 11 is 7.05. The van der Waals surface area contributed by atoms with Gasteiger partial charge in [-0.15, -0.1) is 0 Å². The van der Waals surface area contributed by atoms with Crippen molar-refractivity contribution in [3.63, 3.8) is 0 Å². The number of halogens is 2. The van der Waals surface area contributed by atoms with Crippen molar-refractivity contribution in [1.29, 1.82) is 0 Å². The Morgan fingerprint density at radius 1 is 0.473 bits per heavy atom. The molecule has 0 spiro atoms. The third-order valence-corrected chi connectivity index (χ3v) is 11.0. The van der Waals surface area contributed by atoms with Crippen molar-refractivity contribution >= 4 is 44.4 Å². The first-order valence-electron chi connectivity index (χ1n) is 17.9. The molecule has 2 aliphatic rings. The fourth-order valence-corrected chi connectivity index (χ4v) is 7.72. The maximum Gasteiger partial charge on any atom is 0.488 e. The van der Waals surface area contributed by atoms with Crippen molar-refractivity contribution in [3.8, 4) is 56.0 Å². The number of methoxy groups -OCH3 is 2. The molecule has 0 radical (unpaired) electrons. The van der Waals surface area contributed by atoms with Crippen LogP contribution in [0, 0.1) is 0 Å². The van der Waals surface area contributed by atoms with E-state index >= 15 is 0 Å². The highest BCUT2D eigenvalue weighted by Crippen LogP contribution is 2.42. The lowest BCUT2D eigenvalue weighted by atomic mass is 9.80. The molecular weight excluding hydrogens is 815 g/mol. The number of fused-ring (bicyclic) bond motifs is 6. The lowest BCUT2D eigenvalue weighted by molar-refractivity contribution is 0.282. The minimum Gasteiger partial charge on any atom is -0.497 e. The van der Waals surface area contributed by atoms with Crippen LogP contribution in [0.4, 0.5) is 0 Å². The second kappa shape index (κ2) is 17.2. The van der Waals surface area contributed by atoms with Gasteiger partial charge in [-0.3, -0.25) is 0 Å². The van der Waals surface area contributed by atoms with Gasteiger partial charge >= 0.3 is 7.12 Å². The number of rotatable bonds is 6. The molecule has 55 heavy (non-hydrogen) atoms. The van der Waals surface area contributed by atoms with Gasteiger partial charge in [-0.05, 0) is 151 Å². The summed E-state index contributed by atoms with van der Waals surface area (Å²) < 4.78 is 12.5. The number of hydrogen-bond acceptors (Lipinski definition) is 5. The molecule has 0 aromatic heterocycles. The molecular formula is C47H39BBr2O5. The van der Waals surface area contributed by atoms with Crippen LogP contribution in [0.2, 0.25) is 0 Å². The van der Waals surface area contributed by atoms with E-state index in [1.54, 1.807) is 38.5 Å². The molecule has 5 nitrogen and oxygen atoms in total. The first-order valence-corrected chi connectivity index (χ1v) is 19.5. The zero-order valence-corrected chi connectivity index (χ0v) is 33.6. The molecule has 0 fully saturated rings. The molecule has 9 rings (SSSR count). The normalized spacial score (nSPS) is 11.5. The number of aliphatic hydroxyl groups excluding tert-OH is 1. The zero-order chi connectivity index (χ0) is 38.5. The molecule has 0 aliphatic heterocycles. The van der Waals surface area contributed by atoms with E-state index in [1.807, 2.05) is 24.3 Å². The predicted octanol–water partition coefficient (Wildman–Crippen LogP) is 10.3. The molecule has 7 aromatic rings. The van der Waals surface area contributed by atoms with Crippen LogP contribution in [-0.4, -0.2) is 36.5 Å². The number of hydrogen-bond donors (Lipinski definition) is 3. The van der Waals surface area contributed by atoms with Crippen molar-refractivity contribution in [2.75, 3.05) is 14.2 Å². The van der Waals surface area contributed by atoms with Gasteiger partial charge in [0.25, 0.3) is 0 Å². The Bertz CT molecular complexity index is 2280. The van der Waals surface area contributed by atoms with Crippen LogP contribution >= 0.6 is 31.9 Å². The van der Waals surface area contributed by atoms with Crippen LogP contribution in [0.25, 0.3) is 44.5 Å². The molecule has 0 heterocycles. The molecule has 7 aromatic carbocycles. The molecule has 274 valence electrons. The summed E-state index contributed by atoms with van der Waals surface area (Å²) in [4.78, 5) is 0. The Morgan fingerprint density at radius 2 is 0.836 bits per heavy atom. The summed E-state index contributed by atoms with van der Waals surface area (Å²) in [6, 6.07) is 49.4. The van der Waals surface area contributed by atoms with Crippen LogP contribution in [0.3, 0.4) is 0 Å². The molecule has 0 atom stereocenters. The van der Waals surface area contributed by atoms with E-state index in [-0.39, 0.29) is 6.61 Å². The minimum absolute atomic E-state index is 0.0754. The summed E-state index contributed by atoms with van der Waals surface area (Å²) in [5.74, 6) is 1.58. The fourth-order valence-electron chi connectivity index (χ4n) is 7.00. The monoisotopic (exact) mass is 852 g/mol. The van der Waals surface area contributed by atoms with E-state index < -0.39 is 7.12 Å². The van der Waals surface area contributed by atoms with Gasteiger partial charge in [-0.1, -0.05) is 117 Å². The van der Waals surface area contributed by atoms with E-state index in [0.29, 0.717) is 11.2 Å². The SMILES string of the molecule is Brc1ccc2c(c1)-c1cc(Br)ccc1C2.COc1ccc(-c2ccc3c(c2)-c2cc(-c4ccc(CO)cc4)ccc2C3)cc1.COc1ccc(B(O)O)cc1. The van der Waals surface area contributed by atoms with Crippen molar-refractivity contribution in [2.45, 2.75) is 19.4 Å². The zero-order valence-electron chi connectivity index (χ0n) is 30.5. The summed E-state index contributed by atoms with van der Waals surface area (Å²) in [7, 11) is 1.85. The third-order valence-electron chi connectivity index (χ3n) is 10.0. The van der Waals surface area contributed by atoms with Crippen LogP contribution in [0.15, 0.2) is 155 Å². The molecule has 0 unspecified atom stereocenters. The van der Waals surface area contributed by atoms with Crippen LogP contribution in [0.1, 0.15) is 27.8 Å². The lowest BCUT2D eigenvalue weighted by Crippen LogP contribution is -2.29. The van der Waals surface area contributed by atoms with Gasteiger partial charge < -0.3 is 24.6 Å². The van der Waals surface area contributed by atoms with E-state index in [9.17, 15) is 5.11 Å². The van der Waals surface area contributed by atoms with E-state index in [1.165, 1.54) is 66.8 Å². The van der Waals surface area contributed by atoms with Gasteiger partial charge in [0.05, 0.1) is 20.8 Å². The first kappa shape index (κ1) is 38.3. The van der Waals surface area contributed by atoms with Gasteiger partial charge in [-0.25, -0.2) is 0 Å². The minimum atomic E-state index is -1.40. The maximum atomic E-state index is 9.28. The molecule has 0 bridgehead atoms. The van der Waals surface area contributed by atoms with Gasteiger partial charge in [0, 0.05) is 8.95 Å². The summed E-state index contributed by atoms with van der Waals surface area (Å²) in [5.41, 5.74) is 17.2. The Morgan fingerprint density at radius 3 is 1.24 bits per heavy atom. The van der Waals surface area contributed by atoms with Crippen molar-refractivity contribution in [3.05, 3.63) is 182 Å². The van der Waals surface area contributed by atoms with E-state index in [4.69, 9.17) is 19.5 Å². The van der Waals surface area contributed by atoms with Crippen LogP contribution in [0.5, 0.6) is 11.5 Å². The highest BCUT2D eigenvalue weighted by atomic mass is 79.9. The van der Waals surface area contributed by atoms with Crippen molar-refractivity contribution in [1.82, 2.24) is 0 Å². The van der Waals surface area contributed by atoms with E-state index in [0.717, 1.165) is 33.1 Å². The first-order chi connectivity index (χ1) is 26.7. The number of ether oxygens (including phenoxy) is 2. The predicted molar refractivity (Wildman–Crippen MR) is 231 cm³/mol. The summed E-state index contributed by atoms with van der Waals surface area (Å²) in [6.07, 6.45) is 2.04. The average Bonchev–Trinajstić information content (AvgIpc) is 3.78. The highest BCUT2D eigenvalue weighted by molar-refractivity contribution is 9.10. The highest BCUT2D eigenvalue weighted by Gasteiger charge is 2.20. The standard InChI is InChI=1S/C27H22O2.C13H8Br2.C7H9BO3/c1-29-25-12-10-20(11-13-25)22-7-9-24-14-23-8-6-21(15-26(23)27(24)16-22)19-4-2-18(17-28)3-5-19;14-10-3-1-8-5-9-2-4-11(15)7-13(9)12(8)6-10;1-11-7-4-2-6(3-5-7)8(9)10/h2-13,15-16,28H,14,17H2,1H3;1-4,6-7H,5H2;2-5,9-10H,1H3. The Hall–Kier alpha value is -4.96. The molecule has 8 heteroatoms. The van der Waals surface area contributed by atoms with Crippen LogP contribution in [-0.2, 0) is 19.4 Å². The molecule has 0 saturated carbocycles. The topological polar surface area (TPSA) is 79.2 Å². The Balaban J connectivity index is 0.000000148. The smallest absolute Gasteiger partial charge is 0.488 e. The third kappa shape index (κ3) is 8.80. The number of aliphatic hydroxyl groups is 1. The molecule has 3 N–H and O–H groups in total. The van der Waals surface area contributed by atoms with Gasteiger partial charge in [0.2, 0.25) is 0 Å². The van der Waals surface area contributed by atoms with Crippen molar-refractivity contribution in [2.24, 2.45) is 0 Å². The quantitative estimate of drug-likeness (QED) is 0.145. The largest absolute Gasteiger partial charge is 0.497 e. The maximum absolute atomic E-state index is 9.28. The Kier molecular flexibility index (Phi) is 12.0. The van der Waals surface area contributed by atoms with E-state index in [2.05, 4.69) is 129 Å². The molecule has 0 amide bonds. The molecule has 0 saturated heterocycles.